The van der Waals surface area contributed by atoms with Gasteiger partial charge in [-0.3, -0.25) is 14.9 Å². The number of aromatic nitrogens is 2. The minimum Gasteiger partial charge on any atom is -0.480 e. The first-order chi connectivity index (χ1) is 12.4. The normalized spacial score (nSPS) is 13.5. The van der Waals surface area contributed by atoms with Gasteiger partial charge in [-0.1, -0.05) is 44.2 Å². The van der Waals surface area contributed by atoms with Gasteiger partial charge in [0.2, 0.25) is 0 Å². The lowest BCUT2D eigenvalue weighted by molar-refractivity contribution is -0.139. The summed E-state index contributed by atoms with van der Waals surface area (Å²) >= 11 is 0. The Morgan fingerprint density at radius 2 is 1.88 bits per heavy atom. The molecule has 2 atom stereocenters. The van der Waals surface area contributed by atoms with Crippen molar-refractivity contribution < 1.29 is 14.7 Å². The number of carboxylic acids is 1. The number of hydrogen-bond donors (Lipinski definition) is 2. The van der Waals surface area contributed by atoms with Crippen LogP contribution in [0.4, 0.5) is 0 Å². The monoisotopic (exact) mass is 357 g/mol. The van der Waals surface area contributed by atoms with Gasteiger partial charge in [0.1, 0.15) is 11.8 Å². The number of aliphatic carboxylic acids is 1. The maximum absolute atomic E-state index is 11.9. The van der Waals surface area contributed by atoms with Gasteiger partial charge in [0.25, 0.3) is 0 Å². The van der Waals surface area contributed by atoms with Crippen LogP contribution in [0.25, 0.3) is 0 Å². The Hall–Kier alpha value is -2.47. The molecule has 0 aliphatic heterocycles. The summed E-state index contributed by atoms with van der Waals surface area (Å²) in [6.07, 6.45) is 4.27. The number of carbonyl (C=O) groups is 2. The molecule has 2 rings (SSSR count). The number of carbonyl (C=O) groups excluding carboxylic acids is 1. The van der Waals surface area contributed by atoms with E-state index in [4.69, 9.17) is 0 Å². The fourth-order valence-electron chi connectivity index (χ4n) is 2.93. The van der Waals surface area contributed by atoms with Crippen LogP contribution in [0.3, 0.4) is 0 Å². The van der Waals surface area contributed by atoms with Gasteiger partial charge in [0.15, 0.2) is 0 Å². The number of benzene rings is 1. The van der Waals surface area contributed by atoms with Crippen molar-refractivity contribution in [1.29, 1.82) is 0 Å². The number of carboxylic acid groups (broad SMARTS) is 1. The highest BCUT2D eigenvalue weighted by Gasteiger charge is 2.26. The lowest BCUT2D eigenvalue weighted by Gasteiger charge is -2.23. The topological polar surface area (TPSA) is 84.2 Å². The Morgan fingerprint density at radius 3 is 2.46 bits per heavy atom. The second kappa shape index (κ2) is 9.29. The van der Waals surface area contributed by atoms with E-state index < -0.39 is 18.1 Å². The van der Waals surface area contributed by atoms with Crippen LogP contribution < -0.4 is 5.32 Å². The molecule has 0 aliphatic rings. The highest BCUT2D eigenvalue weighted by Crippen LogP contribution is 2.11. The molecule has 26 heavy (non-hydrogen) atoms. The summed E-state index contributed by atoms with van der Waals surface area (Å²) in [6, 6.07) is 8.64. The van der Waals surface area contributed by atoms with E-state index >= 15 is 0 Å². The highest BCUT2D eigenvalue weighted by atomic mass is 16.4. The number of nitrogens with one attached hydrogen (secondary N) is 1. The van der Waals surface area contributed by atoms with Crippen molar-refractivity contribution in [3.05, 3.63) is 54.1 Å². The van der Waals surface area contributed by atoms with Crippen molar-refractivity contribution in [2.45, 2.75) is 52.2 Å². The van der Waals surface area contributed by atoms with E-state index in [-0.39, 0.29) is 12.2 Å². The molecule has 140 valence electrons. The minimum atomic E-state index is -0.965. The zero-order valence-electron chi connectivity index (χ0n) is 15.6. The molecule has 1 aromatic carbocycles. The van der Waals surface area contributed by atoms with Gasteiger partial charge in [0, 0.05) is 24.9 Å². The van der Waals surface area contributed by atoms with Crippen LogP contribution in [0.2, 0.25) is 0 Å². The molecule has 2 N–H and O–H groups in total. The summed E-state index contributed by atoms with van der Waals surface area (Å²) in [7, 11) is 0. The lowest BCUT2D eigenvalue weighted by atomic mass is 9.99. The van der Waals surface area contributed by atoms with Crippen LogP contribution in [-0.4, -0.2) is 38.5 Å². The van der Waals surface area contributed by atoms with Gasteiger partial charge in [-0.25, -0.2) is 4.98 Å². The largest absolute Gasteiger partial charge is 0.480 e. The number of rotatable bonds is 10. The number of ketones is 1. The first-order valence-corrected chi connectivity index (χ1v) is 8.89. The molecule has 1 heterocycles. The number of hydrogen-bond acceptors (Lipinski definition) is 4. The number of nitrogens with zero attached hydrogens (tertiary/aromatic N) is 2. The lowest BCUT2D eigenvalue weighted by Crippen LogP contribution is -2.48. The van der Waals surface area contributed by atoms with Crippen molar-refractivity contribution >= 4 is 11.8 Å². The van der Waals surface area contributed by atoms with E-state index in [9.17, 15) is 14.7 Å². The summed E-state index contributed by atoms with van der Waals surface area (Å²) in [6.45, 7) is 6.16. The zero-order chi connectivity index (χ0) is 19.1. The van der Waals surface area contributed by atoms with Crippen LogP contribution in [0, 0.1) is 5.92 Å². The second-order valence-electron chi connectivity index (χ2n) is 7.05. The predicted octanol–water partition coefficient (Wildman–Crippen LogP) is 2.52. The average Bonchev–Trinajstić information content (AvgIpc) is 3.00. The van der Waals surface area contributed by atoms with E-state index in [0.29, 0.717) is 18.9 Å². The van der Waals surface area contributed by atoms with E-state index in [2.05, 4.69) is 10.3 Å². The van der Waals surface area contributed by atoms with E-state index in [1.54, 1.807) is 12.5 Å². The third-order valence-corrected chi connectivity index (χ3v) is 4.31. The van der Waals surface area contributed by atoms with Crippen LogP contribution in [0.5, 0.6) is 0 Å². The summed E-state index contributed by atoms with van der Waals surface area (Å²) in [5, 5.41) is 12.6. The zero-order valence-corrected chi connectivity index (χ0v) is 15.6. The van der Waals surface area contributed by atoms with Crippen molar-refractivity contribution in [3.63, 3.8) is 0 Å². The molecule has 0 radical (unpaired) electrons. The van der Waals surface area contributed by atoms with Crippen molar-refractivity contribution in [2.24, 2.45) is 5.92 Å². The van der Waals surface area contributed by atoms with Crippen molar-refractivity contribution in [3.8, 4) is 0 Å². The molecular weight excluding hydrogens is 330 g/mol. The number of imidazole rings is 1. The smallest absolute Gasteiger partial charge is 0.321 e. The Kier molecular flexibility index (Phi) is 7.09. The summed E-state index contributed by atoms with van der Waals surface area (Å²) in [5.41, 5.74) is 1.94. The molecule has 0 amide bonds. The van der Waals surface area contributed by atoms with Gasteiger partial charge in [0.05, 0.1) is 12.4 Å². The highest BCUT2D eigenvalue weighted by molar-refractivity contribution is 5.82. The second-order valence-corrected chi connectivity index (χ2v) is 7.05. The molecule has 2 unspecified atom stereocenters. The van der Waals surface area contributed by atoms with E-state index in [1.807, 2.05) is 48.7 Å². The van der Waals surface area contributed by atoms with Crippen molar-refractivity contribution in [2.75, 3.05) is 0 Å². The third-order valence-electron chi connectivity index (χ3n) is 4.31. The maximum atomic E-state index is 11.9. The van der Waals surface area contributed by atoms with Gasteiger partial charge in [-0.05, 0) is 24.8 Å². The van der Waals surface area contributed by atoms with Gasteiger partial charge >= 0.3 is 5.97 Å². The fraction of sp³-hybridized carbons (Fsp3) is 0.450. The predicted molar refractivity (Wildman–Crippen MR) is 100.0 cm³/mol. The van der Waals surface area contributed by atoms with Gasteiger partial charge in [-0.15, -0.1) is 0 Å². The summed E-state index contributed by atoms with van der Waals surface area (Å²) in [5.74, 6) is -0.704. The molecule has 0 bridgehead atoms. The van der Waals surface area contributed by atoms with Crippen LogP contribution >= 0.6 is 0 Å². The molecule has 2 aromatic rings. The Morgan fingerprint density at radius 1 is 1.19 bits per heavy atom. The Bertz CT molecular complexity index is 725. The van der Waals surface area contributed by atoms with Gasteiger partial charge in [-0.2, -0.15) is 0 Å². The standard InChI is InChI=1S/C20H27N3O3/c1-14(2)9-18(15(3)24)22-19(20(25)26)10-17-11-21-13-23(17)12-16-7-5-4-6-8-16/h4-8,11,13-14,18-19,22H,9-10,12H2,1-3H3,(H,25,26). The Labute approximate surface area is 154 Å². The van der Waals surface area contributed by atoms with Crippen LogP contribution in [0.15, 0.2) is 42.9 Å². The van der Waals surface area contributed by atoms with E-state index in [1.165, 1.54) is 6.92 Å². The average molecular weight is 357 g/mol. The third kappa shape index (κ3) is 5.81. The molecule has 0 aliphatic carbocycles. The van der Waals surface area contributed by atoms with Crippen LogP contribution in [0.1, 0.15) is 38.4 Å². The molecule has 6 heteroatoms. The summed E-state index contributed by atoms with van der Waals surface area (Å²) < 4.78 is 1.94. The molecule has 0 saturated carbocycles. The molecular formula is C20H27N3O3. The molecule has 6 nitrogen and oxygen atoms in total. The first kappa shape index (κ1) is 19.8. The quantitative estimate of drug-likeness (QED) is 0.683. The molecule has 0 saturated heterocycles. The van der Waals surface area contributed by atoms with E-state index in [0.717, 1.165) is 11.3 Å². The van der Waals surface area contributed by atoms with Crippen LogP contribution in [-0.2, 0) is 22.6 Å². The molecule has 0 fully saturated rings. The first-order valence-electron chi connectivity index (χ1n) is 8.89. The van der Waals surface area contributed by atoms with Crippen molar-refractivity contribution in [1.82, 2.24) is 14.9 Å². The molecule has 1 aromatic heterocycles. The molecule has 0 spiro atoms. The number of Topliss-reactive ketones (excluding diaryl/α,β-unsaturated/α-hetero) is 1. The Balaban J connectivity index is 2.12. The summed E-state index contributed by atoms with van der Waals surface area (Å²) in [4.78, 5) is 27.8. The minimum absolute atomic E-state index is 0.0391. The SMILES string of the molecule is CC(=O)C(CC(C)C)NC(Cc1cncn1Cc1ccccc1)C(=O)O. The fourth-order valence-corrected chi connectivity index (χ4v) is 2.93. The van der Waals surface area contributed by atoms with Gasteiger partial charge < -0.3 is 9.67 Å². The maximum Gasteiger partial charge on any atom is 0.321 e.